The van der Waals surface area contributed by atoms with Crippen molar-refractivity contribution in [2.45, 2.75) is 45.6 Å². The highest BCUT2D eigenvalue weighted by Crippen LogP contribution is 2.27. The molecule has 0 aromatic carbocycles. The Balaban J connectivity index is 2.28. The van der Waals surface area contributed by atoms with Gasteiger partial charge in [0.2, 0.25) is 0 Å². The van der Waals surface area contributed by atoms with Crippen LogP contribution in [0.1, 0.15) is 39.5 Å². The van der Waals surface area contributed by atoms with Gasteiger partial charge in [0.15, 0.2) is 0 Å². The quantitative estimate of drug-likeness (QED) is 0.731. The lowest BCUT2D eigenvalue weighted by molar-refractivity contribution is -0.147. The standard InChI is InChI=1S/C10H18O3/c1-10(2,9(11)12)6-5-8-4-3-7-13-8/h8H,3-7H2,1-2H3,(H,11,12). The third-order valence-corrected chi connectivity index (χ3v) is 2.69. The monoisotopic (exact) mass is 186 g/mol. The van der Waals surface area contributed by atoms with Crippen molar-refractivity contribution in [3.8, 4) is 0 Å². The van der Waals surface area contributed by atoms with E-state index in [-0.39, 0.29) is 0 Å². The van der Waals surface area contributed by atoms with Crippen LogP contribution in [0.4, 0.5) is 0 Å². The van der Waals surface area contributed by atoms with E-state index in [1.54, 1.807) is 13.8 Å². The molecule has 1 aliphatic heterocycles. The van der Waals surface area contributed by atoms with Gasteiger partial charge in [-0.1, -0.05) is 0 Å². The Kier molecular flexibility index (Phi) is 3.31. The molecule has 1 aliphatic rings. The fraction of sp³-hybridized carbons (Fsp3) is 0.900. The summed E-state index contributed by atoms with van der Waals surface area (Å²) in [6.45, 7) is 4.38. The van der Waals surface area contributed by atoms with Crippen LogP contribution in [-0.2, 0) is 9.53 Å². The van der Waals surface area contributed by atoms with Gasteiger partial charge in [-0.15, -0.1) is 0 Å². The molecule has 0 aliphatic carbocycles. The Morgan fingerprint density at radius 2 is 2.31 bits per heavy atom. The van der Waals surface area contributed by atoms with Crippen LogP contribution in [0.2, 0.25) is 0 Å². The number of carboxylic acid groups (broad SMARTS) is 1. The van der Waals surface area contributed by atoms with E-state index in [9.17, 15) is 4.79 Å². The van der Waals surface area contributed by atoms with Crippen molar-refractivity contribution in [3.05, 3.63) is 0 Å². The molecule has 0 saturated carbocycles. The molecule has 0 aromatic rings. The first kappa shape index (κ1) is 10.5. The summed E-state index contributed by atoms with van der Waals surface area (Å²) in [7, 11) is 0. The maximum Gasteiger partial charge on any atom is 0.309 e. The molecule has 13 heavy (non-hydrogen) atoms. The molecule has 0 bridgehead atoms. The second kappa shape index (κ2) is 4.09. The van der Waals surface area contributed by atoms with Crippen LogP contribution in [0, 0.1) is 5.41 Å². The van der Waals surface area contributed by atoms with E-state index in [0.29, 0.717) is 12.5 Å². The van der Waals surface area contributed by atoms with Gasteiger partial charge in [-0.05, 0) is 39.5 Å². The van der Waals surface area contributed by atoms with Gasteiger partial charge in [-0.2, -0.15) is 0 Å². The van der Waals surface area contributed by atoms with E-state index in [2.05, 4.69) is 0 Å². The summed E-state index contributed by atoms with van der Waals surface area (Å²) >= 11 is 0. The van der Waals surface area contributed by atoms with Gasteiger partial charge in [0, 0.05) is 6.61 Å². The second-order valence-corrected chi connectivity index (χ2v) is 4.36. The minimum Gasteiger partial charge on any atom is -0.481 e. The minimum atomic E-state index is -0.717. The summed E-state index contributed by atoms with van der Waals surface area (Å²) in [5.41, 5.74) is -0.605. The average molecular weight is 186 g/mol. The smallest absolute Gasteiger partial charge is 0.309 e. The molecule has 1 N–H and O–H groups in total. The minimum absolute atomic E-state index is 0.304. The van der Waals surface area contributed by atoms with Crippen LogP contribution in [0.25, 0.3) is 0 Å². The van der Waals surface area contributed by atoms with Crippen molar-refractivity contribution in [1.29, 1.82) is 0 Å². The first-order valence-electron chi connectivity index (χ1n) is 4.87. The lowest BCUT2D eigenvalue weighted by Crippen LogP contribution is -2.25. The Morgan fingerprint density at radius 1 is 1.62 bits per heavy atom. The first-order valence-corrected chi connectivity index (χ1v) is 4.87. The van der Waals surface area contributed by atoms with Crippen molar-refractivity contribution in [2.75, 3.05) is 6.61 Å². The van der Waals surface area contributed by atoms with E-state index in [1.165, 1.54) is 0 Å². The Morgan fingerprint density at radius 3 is 2.77 bits per heavy atom. The lowest BCUT2D eigenvalue weighted by atomic mass is 9.86. The molecule has 1 heterocycles. The third kappa shape index (κ3) is 2.99. The molecule has 76 valence electrons. The molecule has 1 unspecified atom stereocenters. The third-order valence-electron chi connectivity index (χ3n) is 2.69. The molecule has 1 saturated heterocycles. The van der Waals surface area contributed by atoms with Crippen LogP contribution < -0.4 is 0 Å². The van der Waals surface area contributed by atoms with Gasteiger partial charge >= 0.3 is 5.97 Å². The summed E-state index contributed by atoms with van der Waals surface area (Å²) in [6.07, 6.45) is 4.10. The molecular weight excluding hydrogens is 168 g/mol. The van der Waals surface area contributed by atoms with Gasteiger partial charge in [0.25, 0.3) is 0 Å². The fourth-order valence-electron chi connectivity index (χ4n) is 1.50. The van der Waals surface area contributed by atoms with E-state index in [4.69, 9.17) is 9.84 Å². The average Bonchev–Trinajstić information content (AvgIpc) is 2.52. The number of ether oxygens (including phenoxy) is 1. The molecule has 1 rings (SSSR count). The zero-order valence-electron chi connectivity index (χ0n) is 8.38. The molecule has 3 heteroatoms. The molecule has 0 radical (unpaired) electrons. The SMILES string of the molecule is CC(C)(CCC1CCCO1)C(=O)O. The second-order valence-electron chi connectivity index (χ2n) is 4.36. The molecular formula is C10H18O3. The Labute approximate surface area is 79.1 Å². The molecule has 1 fully saturated rings. The number of aliphatic carboxylic acids is 1. The molecule has 1 atom stereocenters. The van der Waals surface area contributed by atoms with Gasteiger partial charge < -0.3 is 9.84 Å². The molecule has 0 aromatic heterocycles. The summed E-state index contributed by atoms with van der Waals surface area (Å²) in [4.78, 5) is 10.8. The maximum atomic E-state index is 10.8. The van der Waals surface area contributed by atoms with Crippen molar-refractivity contribution in [1.82, 2.24) is 0 Å². The zero-order valence-corrected chi connectivity index (χ0v) is 8.38. The fourth-order valence-corrected chi connectivity index (χ4v) is 1.50. The highest BCUT2D eigenvalue weighted by molar-refractivity contribution is 5.73. The Bertz CT molecular complexity index is 181. The number of hydrogen-bond donors (Lipinski definition) is 1. The zero-order chi connectivity index (χ0) is 9.90. The largest absolute Gasteiger partial charge is 0.481 e. The predicted molar refractivity (Wildman–Crippen MR) is 49.6 cm³/mol. The predicted octanol–water partition coefficient (Wildman–Crippen LogP) is 2.06. The van der Waals surface area contributed by atoms with E-state index >= 15 is 0 Å². The van der Waals surface area contributed by atoms with E-state index < -0.39 is 11.4 Å². The first-order chi connectivity index (χ1) is 6.02. The van der Waals surface area contributed by atoms with Gasteiger partial charge in [0.1, 0.15) is 0 Å². The molecule has 0 amide bonds. The molecule has 0 spiro atoms. The summed E-state index contributed by atoms with van der Waals surface area (Å²) < 4.78 is 5.44. The van der Waals surface area contributed by atoms with Gasteiger partial charge in [-0.25, -0.2) is 0 Å². The van der Waals surface area contributed by atoms with Gasteiger partial charge in [-0.3, -0.25) is 4.79 Å². The van der Waals surface area contributed by atoms with Crippen LogP contribution in [0.15, 0.2) is 0 Å². The normalized spacial score (nSPS) is 23.4. The summed E-state index contributed by atoms with van der Waals surface area (Å²) in [5, 5.41) is 8.87. The van der Waals surface area contributed by atoms with Crippen molar-refractivity contribution in [2.24, 2.45) is 5.41 Å². The van der Waals surface area contributed by atoms with Gasteiger partial charge in [0.05, 0.1) is 11.5 Å². The van der Waals surface area contributed by atoms with Crippen molar-refractivity contribution < 1.29 is 14.6 Å². The van der Waals surface area contributed by atoms with E-state index in [0.717, 1.165) is 25.9 Å². The van der Waals surface area contributed by atoms with Crippen molar-refractivity contribution in [3.63, 3.8) is 0 Å². The van der Waals surface area contributed by atoms with Crippen molar-refractivity contribution >= 4 is 5.97 Å². The van der Waals surface area contributed by atoms with Crippen LogP contribution in [0.5, 0.6) is 0 Å². The lowest BCUT2D eigenvalue weighted by Gasteiger charge is -2.20. The number of hydrogen-bond acceptors (Lipinski definition) is 2. The highest BCUT2D eigenvalue weighted by atomic mass is 16.5. The number of carbonyl (C=O) groups is 1. The topological polar surface area (TPSA) is 46.5 Å². The van der Waals surface area contributed by atoms with Crippen LogP contribution in [-0.4, -0.2) is 23.8 Å². The van der Waals surface area contributed by atoms with Crippen LogP contribution >= 0.6 is 0 Å². The highest BCUT2D eigenvalue weighted by Gasteiger charge is 2.28. The molecule has 3 nitrogen and oxygen atoms in total. The Hall–Kier alpha value is -0.570. The summed E-state index contributed by atoms with van der Waals surface area (Å²) in [5.74, 6) is -0.717. The number of carboxylic acids is 1. The number of rotatable bonds is 4. The summed E-state index contributed by atoms with van der Waals surface area (Å²) in [6, 6.07) is 0. The maximum absolute atomic E-state index is 10.8. The van der Waals surface area contributed by atoms with Crippen LogP contribution in [0.3, 0.4) is 0 Å². The van der Waals surface area contributed by atoms with E-state index in [1.807, 2.05) is 0 Å².